The molecule has 0 radical (unpaired) electrons. The third kappa shape index (κ3) is 1.94. The molecule has 16 heavy (non-hydrogen) atoms. The molecule has 0 aromatic heterocycles. The minimum Gasteiger partial charge on any atom is -0.315 e. The second-order valence-electron chi connectivity index (χ2n) is 4.29. The maximum Gasteiger partial charge on any atom is 0.228 e. The third-order valence-corrected chi connectivity index (χ3v) is 2.84. The molecular weight excluding hydrogens is 202 g/mol. The van der Waals surface area contributed by atoms with Gasteiger partial charge in [0, 0.05) is 33.3 Å². The first-order valence-electron chi connectivity index (χ1n) is 5.38. The number of hydrogen-bond acceptors (Lipinski definition) is 3. The number of amides is 1. The van der Waals surface area contributed by atoms with Crippen LogP contribution in [0.15, 0.2) is 24.3 Å². The Morgan fingerprint density at radius 2 is 2.06 bits per heavy atom. The molecule has 86 valence electrons. The minimum atomic E-state index is 0.0786. The van der Waals surface area contributed by atoms with E-state index in [9.17, 15) is 4.79 Å². The lowest BCUT2D eigenvalue weighted by Crippen LogP contribution is -2.42. The largest absolute Gasteiger partial charge is 0.315 e. The molecule has 1 unspecified atom stereocenters. The van der Waals surface area contributed by atoms with Crippen molar-refractivity contribution in [1.29, 1.82) is 0 Å². The van der Waals surface area contributed by atoms with Crippen LogP contribution in [0.25, 0.3) is 0 Å². The molecular formula is C12H17N3O. The molecule has 4 nitrogen and oxygen atoms in total. The van der Waals surface area contributed by atoms with Gasteiger partial charge < -0.3 is 4.90 Å². The molecule has 0 saturated heterocycles. The smallest absolute Gasteiger partial charge is 0.228 e. The van der Waals surface area contributed by atoms with Crippen molar-refractivity contribution in [1.82, 2.24) is 10.4 Å². The average molecular weight is 219 g/mol. The lowest BCUT2D eigenvalue weighted by atomic mass is 9.97. The van der Waals surface area contributed by atoms with Gasteiger partial charge in [-0.05, 0) is 11.6 Å². The summed E-state index contributed by atoms with van der Waals surface area (Å²) in [4.78, 5) is 13.5. The monoisotopic (exact) mass is 219 g/mol. The molecule has 1 aromatic rings. The summed E-state index contributed by atoms with van der Waals surface area (Å²) in [5.41, 5.74) is 5.45. The Morgan fingerprint density at radius 1 is 1.38 bits per heavy atom. The summed E-state index contributed by atoms with van der Waals surface area (Å²) < 4.78 is 0. The molecule has 1 aliphatic heterocycles. The van der Waals surface area contributed by atoms with Crippen molar-refractivity contribution in [3.8, 4) is 0 Å². The van der Waals surface area contributed by atoms with Gasteiger partial charge >= 0.3 is 0 Å². The Labute approximate surface area is 95.8 Å². The molecule has 0 spiro atoms. The Kier molecular flexibility index (Phi) is 2.94. The van der Waals surface area contributed by atoms with Gasteiger partial charge in [-0.15, -0.1) is 0 Å². The van der Waals surface area contributed by atoms with Crippen LogP contribution in [0.3, 0.4) is 0 Å². The predicted molar refractivity (Wildman–Crippen MR) is 64.0 cm³/mol. The molecule has 1 N–H and O–H groups in total. The molecule has 1 aliphatic rings. The fourth-order valence-electron chi connectivity index (χ4n) is 2.07. The molecule has 4 heteroatoms. The van der Waals surface area contributed by atoms with Gasteiger partial charge in [-0.2, -0.15) is 0 Å². The van der Waals surface area contributed by atoms with E-state index in [-0.39, 0.29) is 11.9 Å². The van der Waals surface area contributed by atoms with Crippen molar-refractivity contribution in [2.45, 2.75) is 12.5 Å². The summed E-state index contributed by atoms with van der Waals surface area (Å²) in [7, 11) is 5.70. The van der Waals surface area contributed by atoms with E-state index in [1.165, 1.54) is 5.56 Å². The van der Waals surface area contributed by atoms with E-state index in [1.807, 2.05) is 44.4 Å². The summed E-state index contributed by atoms with van der Waals surface area (Å²) >= 11 is 0. The van der Waals surface area contributed by atoms with Gasteiger partial charge in [0.05, 0.1) is 6.04 Å². The topological polar surface area (TPSA) is 35.6 Å². The number of nitrogens with zero attached hydrogens (tertiary/aromatic N) is 2. The second-order valence-corrected chi connectivity index (χ2v) is 4.29. The summed E-state index contributed by atoms with van der Waals surface area (Å²) in [6.45, 7) is 0. The molecule has 1 atom stereocenters. The van der Waals surface area contributed by atoms with E-state index >= 15 is 0 Å². The zero-order valence-corrected chi connectivity index (χ0v) is 9.90. The van der Waals surface area contributed by atoms with E-state index in [0.29, 0.717) is 6.42 Å². The number of anilines is 1. The third-order valence-electron chi connectivity index (χ3n) is 2.84. The summed E-state index contributed by atoms with van der Waals surface area (Å²) in [6.07, 6.45) is 0.506. The van der Waals surface area contributed by atoms with Gasteiger partial charge in [0.15, 0.2) is 0 Å². The molecule has 0 aliphatic carbocycles. The van der Waals surface area contributed by atoms with E-state index in [0.717, 1.165) is 5.69 Å². The van der Waals surface area contributed by atoms with Gasteiger partial charge in [-0.1, -0.05) is 18.2 Å². The maximum absolute atomic E-state index is 11.8. The van der Waals surface area contributed by atoms with Crippen molar-refractivity contribution in [3.63, 3.8) is 0 Å². The van der Waals surface area contributed by atoms with Crippen LogP contribution in [0.2, 0.25) is 0 Å². The van der Waals surface area contributed by atoms with Gasteiger partial charge in [-0.25, -0.2) is 5.43 Å². The maximum atomic E-state index is 11.8. The van der Waals surface area contributed by atoms with E-state index in [2.05, 4.69) is 11.5 Å². The summed E-state index contributed by atoms with van der Waals surface area (Å²) in [5.74, 6) is 0.151. The predicted octanol–water partition coefficient (Wildman–Crippen LogP) is 1.16. The van der Waals surface area contributed by atoms with E-state index in [4.69, 9.17) is 0 Å². The zero-order valence-electron chi connectivity index (χ0n) is 9.90. The number of hydrazine groups is 1. The van der Waals surface area contributed by atoms with Crippen molar-refractivity contribution in [3.05, 3.63) is 29.8 Å². The van der Waals surface area contributed by atoms with Gasteiger partial charge in [-0.3, -0.25) is 9.80 Å². The molecule has 0 saturated carbocycles. The van der Waals surface area contributed by atoms with Crippen LogP contribution in [0.1, 0.15) is 18.0 Å². The van der Waals surface area contributed by atoms with E-state index in [1.54, 1.807) is 4.90 Å². The highest BCUT2D eigenvalue weighted by atomic mass is 16.2. The number of carbonyl (C=O) groups is 1. The van der Waals surface area contributed by atoms with E-state index < -0.39 is 0 Å². The van der Waals surface area contributed by atoms with Crippen LogP contribution in [0, 0.1) is 0 Å². The van der Waals surface area contributed by atoms with Crippen LogP contribution in [0.4, 0.5) is 5.69 Å². The fourth-order valence-corrected chi connectivity index (χ4v) is 2.07. The number of nitrogens with one attached hydrogen (secondary N) is 1. The van der Waals surface area contributed by atoms with Gasteiger partial charge in [0.2, 0.25) is 5.91 Å². The Morgan fingerprint density at radius 3 is 2.75 bits per heavy atom. The first-order valence-corrected chi connectivity index (χ1v) is 5.38. The number of carbonyl (C=O) groups excluding carboxylic acids is 1. The summed E-state index contributed by atoms with van der Waals surface area (Å²) in [6, 6.07) is 8.10. The summed E-state index contributed by atoms with van der Waals surface area (Å²) in [5, 5.41) is 1.89. The van der Waals surface area contributed by atoms with Crippen LogP contribution < -0.4 is 10.3 Å². The quantitative estimate of drug-likeness (QED) is 0.758. The Hall–Kier alpha value is -1.39. The Bertz CT molecular complexity index is 403. The van der Waals surface area contributed by atoms with Crippen molar-refractivity contribution < 1.29 is 4.79 Å². The highest BCUT2D eigenvalue weighted by Crippen LogP contribution is 2.33. The number of para-hydroxylation sites is 1. The first kappa shape index (κ1) is 11.1. The van der Waals surface area contributed by atoms with Crippen LogP contribution in [-0.2, 0) is 4.79 Å². The number of hydrogen-bond donors (Lipinski definition) is 1. The molecule has 0 bridgehead atoms. The normalized spacial score (nSPS) is 20.1. The zero-order chi connectivity index (χ0) is 11.7. The van der Waals surface area contributed by atoms with Crippen LogP contribution >= 0.6 is 0 Å². The van der Waals surface area contributed by atoms with Crippen molar-refractivity contribution in [2.24, 2.45) is 0 Å². The molecule has 1 aromatic carbocycles. The first-order chi connectivity index (χ1) is 7.59. The molecule has 1 heterocycles. The van der Waals surface area contributed by atoms with Gasteiger partial charge in [0.1, 0.15) is 0 Å². The SMILES string of the molecule is CN(C)NC1CC(=O)N(C)c2ccccc21. The lowest BCUT2D eigenvalue weighted by Gasteiger charge is -2.33. The van der Waals surface area contributed by atoms with Crippen LogP contribution in [0.5, 0.6) is 0 Å². The Balaban J connectivity index is 2.37. The van der Waals surface area contributed by atoms with Gasteiger partial charge in [0.25, 0.3) is 0 Å². The highest BCUT2D eigenvalue weighted by molar-refractivity contribution is 5.96. The van der Waals surface area contributed by atoms with Crippen LogP contribution in [-0.4, -0.2) is 32.1 Å². The molecule has 2 rings (SSSR count). The van der Waals surface area contributed by atoms with Crippen molar-refractivity contribution >= 4 is 11.6 Å². The number of benzene rings is 1. The fraction of sp³-hybridized carbons (Fsp3) is 0.417. The minimum absolute atomic E-state index is 0.0786. The second kappa shape index (κ2) is 4.23. The molecule has 0 fully saturated rings. The average Bonchev–Trinajstić information content (AvgIpc) is 2.25. The molecule has 1 amide bonds. The lowest BCUT2D eigenvalue weighted by molar-refractivity contribution is -0.119. The highest BCUT2D eigenvalue weighted by Gasteiger charge is 2.28. The standard InChI is InChI=1S/C12H17N3O/c1-14(2)13-10-8-12(16)15(3)11-7-5-4-6-9(10)11/h4-7,10,13H,8H2,1-3H3. The number of fused-ring (bicyclic) bond motifs is 1. The van der Waals surface area contributed by atoms with Crippen molar-refractivity contribution in [2.75, 3.05) is 26.0 Å². The number of rotatable bonds is 2.